The number of carbonyl (C=O) groups is 1. The molecule has 0 aliphatic heterocycles. The van der Waals surface area contributed by atoms with Crippen LogP contribution in [0.25, 0.3) is 5.69 Å². The minimum atomic E-state index is -0.837. The SMILES string of the molecule is C.Cc1c(CC(=O)O)cnn1-c1ccccc1. The summed E-state index contributed by atoms with van der Waals surface area (Å²) < 4.78 is 1.75. The van der Waals surface area contributed by atoms with Gasteiger partial charge in [-0.15, -0.1) is 0 Å². The van der Waals surface area contributed by atoms with Gasteiger partial charge in [-0.05, 0) is 19.1 Å². The Balaban J connectivity index is 0.00000144. The number of para-hydroxylation sites is 1. The van der Waals surface area contributed by atoms with Gasteiger partial charge in [0.25, 0.3) is 0 Å². The van der Waals surface area contributed by atoms with E-state index in [2.05, 4.69) is 5.10 Å². The molecule has 0 atom stereocenters. The van der Waals surface area contributed by atoms with E-state index < -0.39 is 5.97 Å². The highest BCUT2D eigenvalue weighted by molar-refractivity contribution is 5.70. The molecule has 17 heavy (non-hydrogen) atoms. The number of rotatable bonds is 3. The van der Waals surface area contributed by atoms with Crippen LogP contribution in [0.3, 0.4) is 0 Å². The summed E-state index contributed by atoms with van der Waals surface area (Å²) in [6.07, 6.45) is 1.62. The summed E-state index contributed by atoms with van der Waals surface area (Å²) in [7, 11) is 0. The van der Waals surface area contributed by atoms with Crippen molar-refractivity contribution in [3.8, 4) is 5.69 Å². The molecular weight excluding hydrogens is 216 g/mol. The summed E-state index contributed by atoms with van der Waals surface area (Å²) in [5.41, 5.74) is 2.56. The zero-order valence-electron chi connectivity index (χ0n) is 8.92. The Morgan fingerprint density at radius 1 is 1.35 bits per heavy atom. The lowest BCUT2D eigenvalue weighted by atomic mass is 10.2. The van der Waals surface area contributed by atoms with Crippen LogP contribution in [0.15, 0.2) is 36.5 Å². The lowest BCUT2D eigenvalue weighted by molar-refractivity contribution is -0.136. The van der Waals surface area contributed by atoms with Gasteiger partial charge in [-0.1, -0.05) is 25.6 Å². The first kappa shape index (κ1) is 13.0. The van der Waals surface area contributed by atoms with Crippen molar-refractivity contribution in [3.05, 3.63) is 47.8 Å². The van der Waals surface area contributed by atoms with Gasteiger partial charge in [0, 0.05) is 11.3 Å². The highest BCUT2D eigenvalue weighted by Crippen LogP contribution is 2.14. The van der Waals surface area contributed by atoms with E-state index in [0.717, 1.165) is 16.9 Å². The first-order chi connectivity index (χ1) is 7.68. The first-order valence-electron chi connectivity index (χ1n) is 4.99. The fraction of sp³-hybridized carbons (Fsp3) is 0.231. The summed E-state index contributed by atoms with van der Waals surface area (Å²) in [5.74, 6) is -0.837. The summed E-state index contributed by atoms with van der Waals surface area (Å²) in [6, 6.07) is 9.65. The number of aliphatic carboxylic acids is 1. The summed E-state index contributed by atoms with van der Waals surface area (Å²) in [6.45, 7) is 1.87. The van der Waals surface area contributed by atoms with Crippen molar-refractivity contribution in [2.75, 3.05) is 0 Å². The molecule has 0 bridgehead atoms. The average molecular weight is 232 g/mol. The van der Waals surface area contributed by atoms with Gasteiger partial charge in [0.1, 0.15) is 0 Å². The predicted octanol–water partition coefficient (Wildman–Crippen LogP) is 2.44. The van der Waals surface area contributed by atoms with E-state index in [1.807, 2.05) is 37.3 Å². The van der Waals surface area contributed by atoms with Crippen molar-refractivity contribution in [1.82, 2.24) is 9.78 Å². The normalized spacial score (nSPS) is 9.71. The molecule has 4 heteroatoms. The molecule has 0 amide bonds. The monoisotopic (exact) mass is 232 g/mol. The second-order valence-electron chi connectivity index (χ2n) is 3.57. The van der Waals surface area contributed by atoms with Crippen LogP contribution in [0.2, 0.25) is 0 Å². The Kier molecular flexibility index (Phi) is 4.04. The first-order valence-corrected chi connectivity index (χ1v) is 4.99. The maximum Gasteiger partial charge on any atom is 0.307 e. The van der Waals surface area contributed by atoms with Gasteiger partial charge in [0.2, 0.25) is 0 Å². The second kappa shape index (κ2) is 5.30. The maximum absolute atomic E-state index is 10.6. The molecule has 0 aliphatic rings. The largest absolute Gasteiger partial charge is 0.481 e. The Hall–Kier alpha value is -2.10. The van der Waals surface area contributed by atoms with Crippen LogP contribution in [-0.2, 0) is 11.2 Å². The third kappa shape index (κ3) is 2.72. The lowest BCUT2D eigenvalue weighted by Crippen LogP contribution is -2.03. The second-order valence-corrected chi connectivity index (χ2v) is 3.57. The molecule has 0 unspecified atom stereocenters. The fourth-order valence-electron chi connectivity index (χ4n) is 1.61. The van der Waals surface area contributed by atoms with Gasteiger partial charge < -0.3 is 5.11 Å². The highest BCUT2D eigenvalue weighted by Gasteiger charge is 2.10. The highest BCUT2D eigenvalue weighted by atomic mass is 16.4. The van der Waals surface area contributed by atoms with Crippen molar-refractivity contribution in [2.45, 2.75) is 20.8 Å². The third-order valence-corrected chi connectivity index (χ3v) is 2.45. The smallest absolute Gasteiger partial charge is 0.307 e. The molecule has 1 aromatic heterocycles. The molecule has 0 spiro atoms. The molecule has 0 radical (unpaired) electrons. The van der Waals surface area contributed by atoms with Gasteiger partial charge in [-0.25, -0.2) is 4.68 Å². The van der Waals surface area contributed by atoms with Crippen LogP contribution in [-0.4, -0.2) is 20.9 Å². The zero-order chi connectivity index (χ0) is 11.5. The fourth-order valence-corrected chi connectivity index (χ4v) is 1.61. The summed E-state index contributed by atoms with van der Waals surface area (Å²) in [5, 5.41) is 12.9. The van der Waals surface area contributed by atoms with Gasteiger partial charge in [0.15, 0.2) is 0 Å². The van der Waals surface area contributed by atoms with Crippen molar-refractivity contribution in [3.63, 3.8) is 0 Å². The molecular formula is C13H16N2O2. The molecule has 1 aromatic carbocycles. The van der Waals surface area contributed by atoms with Crippen LogP contribution in [0, 0.1) is 6.92 Å². The van der Waals surface area contributed by atoms with Gasteiger partial charge in [-0.3, -0.25) is 4.79 Å². The number of hydrogen-bond acceptors (Lipinski definition) is 2. The molecule has 1 N–H and O–H groups in total. The Bertz CT molecular complexity index is 503. The van der Waals surface area contributed by atoms with Crippen LogP contribution in [0.1, 0.15) is 18.7 Å². The van der Waals surface area contributed by atoms with Crippen molar-refractivity contribution < 1.29 is 9.90 Å². The Labute approximate surface area is 101 Å². The van der Waals surface area contributed by atoms with Gasteiger partial charge in [0.05, 0.1) is 18.3 Å². The van der Waals surface area contributed by atoms with E-state index in [1.165, 1.54) is 0 Å². The molecule has 1 heterocycles. The van der Waals surface area contributed by atoms with Crippen LogP contribution >= 0.6 is 0 Å². The van der Waals surface area contributed by atoms with Gasteiger partial charge in [-0.2, -0.15) is 5.10 Å². The number of aromatic nitrogens is 2. The zero-order valence-corrected chi connectivity index (χ0v) is 8.92. The summed E-state index contributed by atoms with van der Waals surface area (Å²) in [4.78, 5) is 10.6. The van der Waals surface area contributed by atoms with E-state index >= 15 is 0 Å². The van der Waals surface area contributed by atoms with Crippen LogP contribution < -0.4 is 0 Å². The minimum Gasteiger partial charge on any atom is -0.481 e. The number of benzene rings is 1. The van der Waals surface area contributed by atoms with Crippen molar-refractivity contribution in [1.29, 1.82) is 0 Å². The predicted molar refractivity (Wildman–Crippen MR) is 66.4 cm³/mol. The van der Waals surface area contributed by atoms with Crippen LogP contribution in [0.5, 0.6) is 0 Å². The van der Waals surface area contributed by atoms with Gasteiger partial charge >= 0.3 is 5.97 Å². The van der Waals surface area contributed by atoms with Crippen LogP contribution in [0.4, 0.5) is 0 Å². The number of carboxylic acids is 1. The molecule has 0 fully saturated rings. The van der Waals surface area contributed by atoms with E-state index in [0.29, 0.717) is 0 Å². The molecule has 90 valence electrons. The standard InChI is InChI=1S/C12H12N2O2.CH4/c1-9-10(7-12(15)16)8-13-14(9)11-5-3-2-4-6-11;/h2-6,8H,7H2,1H3,(H,15,16);1H4. The quantitative estimate of drug-likeness (QED) is 0.884. The minimum absolute atomic E-state index is 0. The number of hydrogen-bond donors (Lipinski definition) is 1. The number of carboxylic acid groups (broad SMARTS) is 1. The topological polar surface area (TPSA) is 55.1 Å². The van der Waals surface area contributed by atoms with Crippen molar-refractivity contribution >= 4 is 5.97 Å². The lowest BCUT2D eigenvalue weighted by Gasteiger charge is -2.04. The van der Waals surface area contributed by atoms with E-state index in [4.69, 9.17) is 5.11 Å². The molecule has 2 rings (SSSR count). The Morgan fingerprint density at radius 3 is 2.59 bits per heavy atom. The molecule has 2 aromatic rings. The van der Waals surface area contributed by atoms with E-state index in [1.54, 1.807) is 10.9 Å². The molecule has 0 aliphatic carbocycles. The Morgan fingerprint density at radius 2 is 2.00 bits per heavy atom. The maximum atomic E-state index is 10.6. The molecule has 0 saturated heterocycles. The molecule has 4 nitrogen and oxygen atoms in total. The van der Waals surface area contributed by atoms with Crippen molar-refractivity contribution in [2.24, 2.45) is 0 Å². The van der Waals surface area contributed by atoms with E-state index in [9.17, 15) is 4.79 Å². The average Bonchev–Trinajstić information content (AvgIpc) is 2.61. The molecule has 0 saturated carbocycles. The third-order valence-electron chi connectivity index (χ3n) is 2.45. The number of nitrogens with zero attached hydrogens (tertiary/aromatic N) is 2. The summed E-state index contributed by atoms with van der Waals surface area (Å²) >= 11 is 0. The van der Waals surface area contributed by atoms with E-state index in [-0.39, 0.29) is 13.8 Å².